The summed E-state index contributed by atoms with van der Waals surface area (Å²) in [6, 6.07) is 12.0. The van der Waals surface area contributed by atoms with Gasteiger partial charge in [0.2, 0.25) is 5.91 Å². The van der Waals surface area contributed by atoms with E-state index in [1.54, 1.807) is 0 Å². The third kappa shape index (κ3) is 3.99. The Bertz CT molecular complexity index is 1200. The van der Waals surface area contributed by atoms with Gasteiger partial charge in [-0.1, -0.05) is 6.07 Å². The minimum absolute atomic E-state index is 0.0145. The largest absolute Gasteiger partial charge is 0.326 e. The zero-order valence-corrected chi connectivity index (χ0v) is 17.9. The van der Waals surface area contributed by atoms with E-state index in [4.69, 9.17) is 10.1 Å². The Morgan fingerprint density at radius 3 is 2.50 bits per heavy atom. The smallest absolute Gasteiger partial charge is 0.224 e. The molecule has 6 nitrogen and oxygen atoms in total. The lowest BCUT2D eigenvalue weighted by molar-refractivity contribution is -0.116. The minimum Gasteiger partial charge on any atom is -0.326 e. The first kappa shape index (κ1) is 19.9. The van der Waals surface area contributed by atoms with Crippen molar-refractivity contribution in [2.75, 3.05) is 5.32 Å². The summed E-state index contributed by atoms with van der Waals surface area (Å²) in [5.41, 5.74) is 6.22. The standard InChI is InChI=1S/C24H27N5O/c1-16-9-10-20(15-17(16)2)26-21(30)8-7-13-29-23-22(18(3)14-19(4)25-23)24(27-29)28-11-5-6-12-28/h5-6,9-12,14-15H,7-8,13H2,1-4H3,(H,26,30). The summed E-state index contributed by atoms with van der Waals surface area (Å²) in [5.74, 6) is 0.889. The number of nitrogens with one attached hydrogen (secondary N) is 1. The molecule has 0 spiro atoms. The summed E-state index contributed by atoms with van der Waals surface area (Å²) in [6.07, 6.45) is 5.09. The summed E-state index contributed by atoms with van der Waals surface area (Å²) in [6.45, 7) is 8.83. The Hall–Kier alpha value is -3.41. The fraction of sp³-hybridized carbons (Fsp3) is 0.292. The predicted octanol–water partition coefficient (Wildman–Crippen LogP) is 4.87. The monoisotopic (exact) mass is 401 g/mol. The number of carbonyl (C=O) groups excluding carboxylic acids is 1. The molecule has 3 heterocycles. The molecule has 0 aliphatic heterocycles. The van der Waals surface area contributed by atoms with Gasteiger partial charge in [0.25, 0.3) is 0 Å². The van der Waals surface area contributed by atoms with Gasteiger partial charge in [0.15, 0.2) is 11.5 Å². The molecule has 30 heavy (non-hydrogen) atoms. The number of hydrogen-bond donors (Lipinski definition) is 1. The molecule has 0 radical (unpaired) electrons. The summed E-state index contributed by atoms with van der Waals surface area (Å²) >= 11 is 0. The molecule has 0 aliphatic carbocycles. The molecule has 4 rings (SSSR count). The van der Waals surface area contributed by atoms with Crippen molar-refractivity contribution in [2.24, 2.45) is 0 Å². The molecule has 0 bridgehead atoms. The predicted molar refractivity (Wildman–Crippen MR) is 120 cm³/mol. The highest BCUT2D eigenvalue weighted by Crippen LogP contribution is 2.25. The number of benzene rings is 1. The van der Waals surface area contributed by atoms with Gasteiger partial charge >= 0.3 is 0 Å². The minimum atomic E-state index is 0.0145. The van der Waals surface area contributed by atoms with E-state index in [1.807, 2.05) is 65.8 Å². The van der Waals surface area contributed by atoms with Crippen molar-refractivity contribution < 1.29 is 4.79 Å². The lowest BCUT2D eigenvalue weighted by Gasteiger charge is -2.08. The van der Waals surface area contributed by atoms with E-state index in [9.17, 15) is 4.79 Å². The van der Waals surface area contributed by atoms with Crippen molar-refractivity contribution in [3.8, 4) is 5.82 Å². The van der Waals surface area contributed by atoms with E-state index in [1.165, 1.54) is 11.1 Å². The van der Waals surface area contributed by atoms with Crippen LogP contribution >= 0.6 is 0 Å². The second-order valence-corrected chi connectivity index (χ2v) is 7.87. The van der Waals surface area contributed by atoms with Crippen LogP contribution in [-0.2, 0) is 11.3 Å². The second kappa shape index (κ2) is 8.14. The molecule has 0 aliphatic rings. The molecule has 154 valence electrons. The molecule has 0 saturated carbocycles. The average molecular weight is 402 g/mol. The first-order valence-corrected chi connectivity index (χ1v) is 10.3. The molecular formula is C24H27N5O. The molecule has 1 aromatic carbocycles. The SMILES string of the molecule is Cc1cc(C)c2c(-n3cccc3)nn(CCCC(=O)Nc3ccc(C)c(C)c3)c2n1. The molecule has 0 saturated heterocycles. The number of fused-ring (bicyclic) bond motifs is 1. The number of aryl methyl sites for hydroxylation is 5. The number of pyridine rings is 1. The van der Waals surface area contributed by atoms with Crippen LogP contribution in [0.3, 0.4) is 0 Å². The first-order valence-electron chi connectivity index (χ1n) is 10.3. The number of rotatable bonds is 6. The van der Waals surface area contributed by atoms with Crippen LogP contribution in [0.2, 0.25) is 0 Å². The number of hydrogen-bond acceptors (Lipinski definition) is 3. The number of anilines is 1. The summed E-state index contributed by atoms with van der Waals surface area (Å²) in [4.78, 5) is 17.1. The zero-order valence-electron chi connectivity index (χ0n) is 17.9. The van der Waals surface area contributed by atoms with Crippen molar-refractivity contribution in [2.45, 2.75) is 47.1 Å². The number of aromatic nitrogens is 4. The average Bonchev–Trinajstić information content (AvgIpc) is 3.33. The zero-order chi connectivity index (χ0) is 21.3. The van der Waals surface area contributed by atoms with E-state index in [2.05, 4.69) is 25.2 Å². The molecule has 3 aromatic heterocycles. The van der Waals surface area contributed by atoms with E-state index < -0.39 is 0 Å². The summed E-state index contributed by atoms with van der Waals surface area (Å²) in [7, 11) is 0. The van der Waals surface area contributed by atoms with Crippen molar-refractivity contribution in [1.29, 1.82) is 0 Å². The third-order valence-corrected chi connectivity index (χ3v) is 5.42. The van der Waals surface area contributed by atoms with Crippen molar-refractivity contribution in [3.63, 3.8) is 0 Å². The van der Waals surface area contributed by atoms with Crippen LogP contribution in [0.4, 0.5) is 5.69 Å². The molecule has 6 heteroatoms. The van der Waals surface area contributed by atoms with Crippen LogP contribution in [-0.4, -0.2) is 25.2 Å². The molecule has 4 aromatic rings. The van der Waals surface area contributed by atoms with E-state index in [0.717, 1.165) is 33.8 Å². The Kier molecular flexibility index (Phi) is 5.40. The van der Waals surface area contributed by atoms with Gasteiger partial charge in [0, 0.05) is 36.7 Å². The van der Waals surface area contributed by atoms with Crippen LogP contribution in [0.15, 0.2) is 48.8 Å². The quantitative estimate of drug-likeness (QED) is 0.501. The Balaban J connectivity index is 1.50. The molecule has 0 unspecified atom stereocenters. The van der Waals surface area contributed by atoms with Gasteiger partial charge < -0.3 is 9.88 Å². The van der Waals surface area contributed by atoms with Crippen molar-refractivity contribution in [3.05, 3.63) is 71.2 Å². The van der Waals surface area contributed by atoms with E-state index >= 15 is 0 Å². The van der Waals surface area contributed by atoms with Gasteiger partial charge in [-0.15, -0.1) is 0 Å². The maximum absolute atomic E-state index is 12.4. The lowest BCUT2D eigenvalue weighted by Crippen LogP contribution is -2.13. The van der Waals surface area contributed by atoms with E-state index in [0.29, 0.717) is 19.4 Å². The number of nitrogens with zero attached hydrogens (tertiary/aromatic N) is 4. The molecule has 1 N–H and O–H groups in total. The van der Waals surface area contributed by atoms with Crippen LogP contribution < -0.4 is 5.32 Å². The highest BCUT2D eigenvalue weighted by Gasteiger charge is 2.16. The Morgan fingerprint density at radius 2 is 1.77 bits per heavy atom. The lowest BCUT2D eigenvalue weighted by atomic mass is 10.1. The molecule has 1 amide bonds. The van der Waals surface area contributed by atoms with Gasteiger partial charge in [0.1, 0.15) is 0 Å². The van der Waals surface area contributed by atoms with Crippen LogP contribution in [0.25, 0.3) is 16.9 Å². The maximum atomic E-state index is 12.4. The normalized spacial score (nSPS) is 11.2. The maximum Gasteiger partial charge on any atom is 0.224 e. The molecule has 0 atom stereocenters. The van der Waals surface area contributed by atoms with E-state index in [-0.39, 0.29) is 5.91 Å². The highest BCUT2D eigenvalue weighted by atomic mass is 16.1. The Morgan fingerprint density at radius 1 is 1.00 bits per heavy atom. The van der Waals surface area contributed by atoms with Crippen molar-refractivity contribution in [1.82, 2.24) is 19.3 Å². The molecule has 0 fully saturated rings. The number of carbonyl (C=O) groups is 1. The van der Waals surface area contributed by atoms with Crippen LogP contribution in [0.5, 0.6) is 0 Å². The first-order chi connectivity index (χ1) is 14.4. The molecular weight excluding hydrogens is 374 g/mol. The van der Waals surface area contributed by atoms with Gasteiger partial charge in [-0.3, -0.25) is 4.79 Å². The topological polar surface area (TPSA) is 64.7 Å². The fourth-order valence-corrected chi connectivity index (χ4v) is 3.74. The van der Waals surface area contributed by atoms with Gasteiger partial charge in [0.05, 0.1) is 5.39 Å². The van der Waals surface area contributed by atoms with Crippen molar-refractivity contribution >= 4 is 22.6 Å². The van der Waals surface area contributed by atoms with Crippen LogP contribution in [0.1, 0.15) is 35.2 Å². The summed E-state index contributed by atoms with van der Waals surface area (Å²) < 4.78 is 3.93. The van der Waals surface area contributed by atoms with Crippen LogP contribution in [0, 0.1) is 27.7 Å². The third-order valence-electron chi connectivity index (χ3n) is 5.42. The fourth-order valence-electron chi connectivity index (χ4n) is 3.74. The van der Waals surface area contributed by atoms with Gasteiger partial charge in [-0.05, 0) is 81.1 Å². The van der Waals surface area contributed by atoms with Gasteiger partial charge in [-0.2, -0.15) is 5.10 Å². The van der Waals surface area contributed by atoms with Gasteiger partial charge in [-0.25, -0.2) is 9.67 Å². The summed E-state index contributed by atoms with van der Waals surface area (Å²) in [5, 5.41) is 8.86. The second-order valence-electron chi connectivity index (χ2n) is 7.87. The highest BCUT2D eigenvalue weighted by molar-refractivity contribution is 5.91. The Labute approximate surface area is 176 Å². The number of amides is 1.